The fourth-order valence-electron chi connectivity index (χ4n) is 1.53. The smallest absolute Gasteiger partial charge is 0.117 e. The van der Waals surface area contributed by atoms with Crippen molar-refractivity contribution >= 4 is 61.0 Å². The van der Waals surface area contributed by atoms with Gasteiger partial charge in [-0.05, 0) is 46.3 Å². The fourth-order valence-corrected chi connectivity index (χ4v) is 3.74. The third kappa shape index (κ3) is 2.49. The molecule has 2 heterocycles. The second-order valence-corrected chi connectivity index (χ2v) is 6.44. The van der Waals surface area contributed by atoms with Crippen LogP contribution in [-0.2, 0) is 0 Å². The summed E-state index contributed by atoms with van der Waals surface area (Å²) >= 11 is 6.89. The van der Waals surface area contributed by atoms with Gasteiger partial charge in [0.05, 0.1) is 10.2 Å². The molecule has 0 amide bonds. The van der Waals surface area contributed by atoms with Crippen molar-refractivity contribution in [1.82, 2.24) is 4.98 Å². The molecule has 0 aliphatic rings. The van der Waals surface area contributed by atoms with Crippen LogP contribution >= 0.6 is 38.6 Å². The predicted molar refractivity (Wildman–Crippen MR) is 80.6 cm³/mol. The van der Waals surface area contributed by atoms with E-state index in [1.54, 1.807) is 22.7 Å². The minimum Gasteiger partial charge on any atom is -0.237 e. The SMILES string of the molecule is Brc1csc(/C=C/c2nc3ccccc3s2)c1. The van der Waals surface area contributed by atoms with Crippen molar-refractivity contribution in [1.29, 1.82) is 0 Å². The number of para-hydroxylation sites is 1. The van der Waals surface area contributed by atoms with Crippen LogP contribution in [0.25, 0.3) is 22.4 Å². The van der Waals surface area contributed by atoms with Gasteiger partial charge < -0.3 is 0 Å². The number of hydrogen-bond donors (Lipinski definition) is 0. The highest BCUT2D eigenvalue weighted by molar-refractivity contribution is 9.10. The molecule has 0 saturated heterocycles. The largest absolute Gasteiger partial charge is 0.237 e. The molecule has 84 valence electrons. The summed E-state index contributed by atoms with van der Waals surface area (Å²) in [6.45, 7) is 0. The number of thiophene rings is 1. The molecule has 17 heavy (non-hydrogen) atoms. The van der Waals surface area contributed by atoms with Crippen LogP contribution in [0.4, 0.5) is 0 Å². The van der Waals surface area contributed by atoms with Gasteiger partial charge in [-0.1, -0.05) is 12.1 Å². The molecule has 1 aromatic carbocycles. The van der Waals surface area contributed by atoms with Gasteiger partial charge in [-0.3, -0.25) is 0 Å². The van der Waals surface area contributed by atoms with E-state index in [0.29, 0.717) is 0 Å². The number of rotatable bonds is 2. The monoisotopic (exact) mass is 321 g/mol. The maximum absolute atomic E-state index is 4.56. The molecule has 0 radical (unpaired) electrons. The molecule has 1 nitrogen and oxygen atoms in total. The summed E-state index contributed by atoms with van der Waals surface area (Å²) < 4.78 is 2.37. The van der Waals surface area contributed by atoms with Crippen LogP contribution < -0.4 is 0 Å². The first kappa shape index (κ1) is 11.1. The standard InChI is InChI=1S/C13H8BrNS2/c14-9-7-10(16-8-9)5-6-13-15-11-3-1-2-4-12(11)17-13/h1-8H/b6-5+. The zero-order valence-electron chi connectivity index (χ0n) is 8.76. The van der Waals surface area contributed by atoms with Crippen LogP contribution in [0.5, 0.6) is 0 Å². The Morgan fingerprint density at radius 2 is 2.06 bits per heavy atom. The zero-order chi connectivity index (χ0) is 11.7. The minimum atomic E-state index is 1.05. The molecule has 0 bridgehead atoms. The molecule has 2 aromatic heterocycles. The predicted octanol–water partition coefficient (Wildman–Crippen LogP) is 5.29. The van der Waals surface area contributed by atoms with Gasteiger partial charge in [0, 0.05) is 14.7 Å². The summed E-state index contributed by atoms with van der Waals surface area (Å²) in [5.74, 6) is 0. The van der Waals surface area contributed by atoms with Crippen molar-refractivity contribution in [3.63, 3.8) is 0 Å². The highest BCUT2D eigenvalue weighted by Crippen LogP contribution is 2.25. The number of hydrogen-bond acceptors (Lipinski definition) is 3. The van der Waals surface area contributed by atoms with Gasteiger partial charge in [0.2, 0.25) is 0 Å². The molecular formula is C13H8BrNS2. The first-order valence-corrected chi connectivity index (χ1v) is 7.58. The van der Waals surface area contributed by atoms with Gasteiger partial charge >= 0.3 is 0 Å². The number of aromatic nitrogens is 1. The Morgan fingerprint density at radius 3 is 2.82 bits per heavy atom. The lowest BCUT2D eigenvalue weighted by Gasteiger charge is -1.82. The van der Waals surface area contributed by atoms with Crippen LogP contribution in [-0.4, -0.2) is 4.98 Å². The van der Waals surface area contributed by atoms with E-state index in [2.05, 4.69) is 50.6 Å². The fraction of sp³-hybridized carbons (Fsp3) is 0. The Hall–Kier alpha value is -0.970. The third-order valence-electron chi connectivity index (χ3n) is 2.29. The van der Waals surface area contributed by atoms with Crippen molar-refractivity contribution in [2.24, 2.45) is 0 Å². The van der Waals surface area contributed by atoms with Crippen LogP contribution in [0, 0.1) is 0 Å². The number of halogens is 1. The summed E-state index contributed by atoms with van der Waals surface area (Å²) in [4.78, 5) is 5.79. The normalized spacial score (nSPS) is 11.6. The van der Waals surface area contributed by atoms with E-state index in [0.717, 1.165) is 15.0 Å². The molecule has 0 unspecified atom stereocenters. The summed E-state index contributed by atoms with van der Waals surface area (Å²) in [5, 5.41) is 3.13. The van der Waals surface area contributed by atoms with E-state index >= 15 is 0 Å². The minimum absolute atomic E-state index is 1.05. The van der Waals surface area contributed by atoms with Crippen LogP contribution in [0.1, 0.15) is 9.88 Å². The summed E-state index contributed by atoms with van der Waals surface area (Å²) in [6, 6.07) is 10.3. The number of fused-ring (bicyclic) bond motifs is 1. The lowest BCUT2D eigenvalue weighted by Crippen LogP contribution is -1.67. The highest BCUT2D eigenvalue weighted by Gasteiger charge is 1.99. The van der Waals surface area contributed by atoms with Crippen molar-refractivity contribution in [3.8, 4) is 0 Å². The quantitative estimate of drug-likeness (QED) is 0.624. The zero-order valence-corrected chi connectivity index (χ0v) is 12.0. The molecule has 4 heteroatoms. The maximum atomic E-state index is 4.56. The molecule has 3 rings (SSSR count). The second kappa shape index (κ2) is 4.72. The molecule has 0 atom stereocenters. The van der Waals surface area contributed by atoms with Gasteiger partial charge in [0.1, 0.15) is 5.01 Å². The average molecular weight is 322 g/mol. The Kier molecular flexibility index (Phi) is 3.09. The topological polar surface area (TPSA) is 12.9 Å². The van der Waals surface area contributed by atoms with E-state index in [-0.39, 0.29) is 0 Å². The lowest BCUT2D eigenvalue weighted by atomic mass is 10.3. The molecule has 0 N–H and O–H groups in total. The maximum Gasteiger partial charge on any atom is 0.117 e. The van der Waals surface area contributed by atoms with Crippen molar-refractivity contribution in [3.05, 3.63) is 50.1 Å². The van der Waals surface area contributed by atoms with Crippen molar-refractivity contribution < 1.29 is 0 Å². The molecule has 0 aliphatic carbocycles. The Labute approximate surface area is 116 Å². The highest BCUT2D eigenvalue weighted by atomic mass is 79.9. The first-order valence-electron chi connectivity index (χ1n) is 5.09. The molecular weight excluding hydrogens is 314 g/mol. The summed E-state index contributed by atoms with van der Waals surface area (Å²) in [6.07, 6.45) is 4.18. The van der Waals surface area contributed by atoms with Crippen molar-refractivity contribution in [2.45, 2.75) is 0 Å². The van der Waals surface area contributed by atoms with Crippen molar-refractivity contribution in [2.75, 3.05) is 0 Å². The Bertz CT molecular complexity index is 648. The van der Waals surface area contributed by atoms with E-state index in [1.165, 1.54) is 9.58 Å². The molecule has 3 aromatic rings. The number of thiazole rings is 1. The first-order chi connectivity index (χ1) is 8.31. The lowest BCUT2D eigenvalue weighted by molar-refractivity contribution is 1.47. The Morgan fingerprint density at radius 1 is 1.18 bits per heavy atom. The summed E-state index contributed by atoms with van der Waals surface area (Å²) in [7, 11) is 0. The van der Waals surface area contributed by atoms with Gasteiger partial charge in [0.25, 0.3) is 0 Å². The average Bonchev–Trinajstić information content (AvgIpc) is 2.91. The van der Waals surface area contributed by atoms with Crippen LogP contribution in [0.15, 0.2) is 40.2 Å². The second-order valence-electron chi connectivity index (χ2n) is 3.52. The number of nitrogens with zero attached hydrogens (tertiary/aromatic N) is 1. The van der Waals surface area contributed by atoms with Gasteiger partial charge in [0.15, 0.2) is 0 Å². The third-order valence-corrected chi connectivity index (χ3v) is 4.95. The van der Waals surface area contributed by atoms with E-state index in [9.17, 15) is 0 Å². The molecule has 0 fully saturated rings. The van der Waals surface area contributed by atoms with Gasteiger partial charge in [-0.15, -0.1) is 22.7 Å². The van der Waals surface area contributed by atoms with E-state index < -0.39 is 0 Å². The van der Waals surface area contributed by atoms with E-state index in [1.807, 2.05) is 18.2 Å². The van der Waals surface area contributed by atoms with Gasteiger partial charge in [-0.2, -0.15) is 0 Å². The van der Waals surface area contributed by atoms with Crippen LogP contribution in [0.2, 0.25) is 0 Å². The van der Waals surface area contributed by atoms with Crippen LogP contribution in [0.3, 0.4) is 0 Å². The van der Waals surface area contributed by atoms with Gasteiger partial charge in [-0.25, -0.2) is 4.98 Å². The Balaban J connectivity index is 1.92. The summed E-state index contributed by atoms with van der Waals surface area (Å²) in [5.41, 5.74) is 1.07. The molecule has 0 saturated carbocycles. The number of benzene rings is 1. The molecule has 0 spiro atoms. The molecule has 0 aliphatic heterocycles. The van der Waals surface area contributed by atoms with E-state index in [4.69, 9.17) is 0 Å².